The summed E-state index contributed by atoms with van der Waals surface area (Å²) in [7, 11) is 0. The highest BCUT2D eigenvalue weighted by atomic mass is 16.6. The number of carboxylic acids is 1. The molecule has 2 heterocycles. The Bertz CT molecular complexity index is 933. The van der Waals surface area contributed by atoms with E-state index < -0.39 is 23.7 Å². The number of benzene rings is 1. The quantitative estimate of drug-likeness (QED) is 0.792. The first-order valence-electron chi connectivity index (χ1n) is 9.74. The fourth-order valence-corrected chi connectivity index (χ4v) is 3.27. The molecule has 2 aromatic rings. The van der Waals surface area contributed by atoms with Crippen molar-refractivity contribution in [1.29, 1.82) is 0 Å². The molecular weight excluding hydrogens is 386 g/mol. The molecule has 2 amide bonds. The Labute approximate surface area is 174 Å². The molecule has 8 heteroatoms. The van der Waals surface area contributed by atoms with Crippen LogP contribution >= 0.6 is 0 Å². The normalized spacial score (nSPS) is 16.2. The number of rotatable bonds is 4. The van der Waals surface area contributed by atoms with Gasteiger partial charge < -0.3 is 14.7 Å². The lowest BCUT2D eigenvalue weighted by Gasteiger charge is -2.21. The fourth-order valence-electron chi connectivity index (χ4n) is 3.27. The Kier molecular flexibility index (Phi) is 6.05. The number of aliphatic carboxylic acids is 1. The number of carbonyl (C=O) groups is 3. The van der Waals surface area contributed by atoms with Crippen molar-refractivity contribution in [3.63, 3.8) is 0 Å². The summed E-state index contributed by atoms with van der Waals surface area (Å²) >= 11 is 0. The lowest BCUT2D eigenvalue weighted by molar-refractivity contribution is -0.141. The van der Waals surface area contributed by atoms with Crippen LogP contribution in [0.2, 0.25) is 0 Å². The van der Waals surface area contributed by atoms with Gasteiger partial charge in [0.15, 0.2) is 0 Å². The van der Waals surface area contributed by atoms with Crippen molar-refractivity contribution in [2.75, 3.05) is 11.9 Å². The topological polar surface area (TPSA) is 109 Å². The van der Waals surface area contributed by atoms with Gasteiger partial charge in [0.1, 0.15) is 17.3 Å². The first kappa shape index (κ1) is 21.3. The molecule has 1 aliphatic rings. The van der Waals surface area contributed by atoms with Gasteiger partial charge in [0.05, 0.1) is 0 Å². The SMILES string of the molecule is CC(C)(C)OC(=O)Nc1ccc(-c2ccc(C(=O)N3CCC[C@H]3C(=O)O)nc2)cc1. The number of pyridine rings is 1. The highest BCUT2D eigenvalue weighted by Gasteiger charge is 2.34. The van der Waals surface area contributed by atoms with E-state index in [0.29, 0.717) is 25.1 Å². The second kappa shape index (κ2) is 8.52. The van der Waals surface area contributed by atoms with Gasteiger partial charge in [-0.2, -0.15) is 0 Å². The summed E-state index contributed by atoms with van der Waals surface area (Å²) < 4.78 is 5.22. The highest BCUT2D eigenvalue weighted by Crippen LogP contribution is 2.23. The van der Waals surface area contributed by atoms with Crippen LogP contribution in [-0.4, -0.2) is 51.1 Å². The molecule has 3 rings (SSSR count). The van der Waals surface area contributed by atoms with Crippen molar-refractivity contribution in [3.8, 4) is 11.1 Å². The zero-order valence-corrected chi connectivity index (χ0v) is 17.2. The molecule has 0 unspecified atom stereocenters. The van der Waals surface area contributed by atoms with Crippen molar-refractivity contribution >= 4 is 23.7 Å². The zero-order valence-electron chi connectivity index (χ0n) is 17.2. The van der Waals surface area contributed by atoms with Crippen molar-refractivity contribution < 1.29 is 24.2 Å². The van der Waals surface area contributed by atoms with Crippen molar-refractivity contribution in [1.82, 2.24) is 9.88 Å². The second-order valence-electron chi connectivity index (χ2n) is 8.13. The minimum absolute atomic E-state index is 0.218. The molecule has 1 aromatic carbocycles. The van der Waals surface area contributed by atoms with Crippen LogP contribution in [0.25, 0.3) is 11.1 Å². The van der Waals surface area contributed by atoms with E-state index in [1.54, 1.807) is 51.2 Å². The Balaban J connectivity index is 1.67. The zero-order chi connectivity index (χ0) is 21.9. The number of aromatic nitrogens is 1. The predicted octanol–water partition coefficient (Wildman–Crippen LogP) is 3.78. The van der Waals surface area contributed by atoms with Gasteiger partial charge >= 0.3 is 12.1 Å². The summed E-state index contributed by atoms with van der Waals surface area (Å²) in [4.78, 5) is 41.3. The number of hydrogen-bond donors (Lipinski definition) is 2. The largest absolute Gasteiger partial charge is 0.480 e. The van der Waals surface area contributed by atoms with Crippen LogP contribution in [0.5, 0.6) is 0 Å². The van der Waals surface area contributed by atoms with Gasteiger partial charge in [-0.05, 0) is 57.4 Å². The van der Waals surface area contributed by atoms with Gasteiger partial charge in [-0.3, -0.25) is 15.1 Å². The van der Waals surface area contributed by atoms with E-state index >= 15 is 0 Å². The molecule has 0 aliphatic carbocycles. The number of amides is 2. The molecule has 2 N–H and O–H groups in total. The molecule has 0 bridgehead atoms. The Morgan fingerprint density at radius 3 is 2.33 bits per heavy atom. The van der Waals surface area contributed by atoms with E-state index in [1.807, 2.05) is 12.1 Å². The molecule has 0 spiro atoms. The minimum Gasteiger partial charge on any atom is -0.480 e. The fraction of sp³-hybridized carbons (Fsp3) is 0.364. The molecule has 8 nitrogen and oxygen atoms in total. The lowest BCUT2D eigenvalue weighted by Crippen LogP contribution is -2.40. The molecule has 30 heavy (non-hydrogen) atoms. The van der Waals surface area contributed by atoms with E-state index in [1.165, 1.54) is 4.90 Å². The molecule has 1 atom stereocenters. The van der Waals surface area contributed by atoms with Crippen LogP contribution in [0.4, 0.5) is 10.5 Å². The summed E-state index contributed by atoms with van der Waals surface area (Å²) in [5, 5.41) is 11.9. The number of carboxylic acid groups (broad SMARTS) is 1. The molecule has 158 valence electrons. The third-order valence-electron chi connectivity index (χ3n) is 4.64. The van der Waals surface area contributed by atoms with Crippen LogP contribution in [0.3, 0.4) is 0 Å². The van der Waals surface area contributed by atoms with Crippen molar-refractivity contribution in [3.05, 3.63) is 48.3 Å². The Morgan fingerprint density at radius 2 is 1.77 bits per heavy atom. The van der Waals surface area contributed by atoms with Crippen LogP contribution in [0.1, 0.15) is 44.1 Å². The summed E-state index contributed by atoms with van der Waals surface area (Å²) in [5.74, 6) is -1.36. The van der Waals surface area contributed by atoms with Gasteiger partial charge in [0, 0.05) is 24.0 Å². The molecule has 1 aliphatic heterocycles. The van der Waals surface area contributed by atoms with E-state index in [2.05, 4.69) is 10.3 Å². The first-order chi connectivity index (χ1) is 14.1. The van der Waals surface area contributed by atoms with Gasteiger partial charge in [0.25, 0.3) is 5.91 Å². The van der Waals surface area contributed by atoms with Gasteiger partial charge in [-0.15, -0.1) is 0 Å². The number of carbonyl (C=O) groups excluding carboxylic acids is 2. The Morgan fingerprint density at radius 1 is 1.10 bits per heavy atom. The van der Waals surface area contributed by atoms with Crippen LogP contribution in [0, 0.1) is 0 Å². The molecular formula is C22H25N3O5. The predicted molar refractivity (Wildman–Crippen MR) is 111 cm³/mol. The summed E-state index contributed by atoms with van der Waals surface area (Å²) in [6.07, 6.45) is 2.18. The van der Waals surface area contributed by atoms with E-state index in [0.717, 1.165) is 11.1 Å². The third-order valence-corrected chi connectivity index (χ3v) is 4.64. The van der Waals surface area contributed by atoms with E-state index in [4.69, 9.17) is 4.74 Å². The maximum atomic E-state index is 12.6. The smallest absolute Gasteiger partial charge is 0.412 e. The van der Waals surface area contributed by atoms with Crippen LogP contribution in [-0.2, 0) is 9.53 Å². The number of nitrogens with zero attached hydrogens (tertiary/aromatic N) is 2. The Hall–Kier alpha value is -3.42. The number of likely N-dealkylation sites (tertiary alicyclic amines) is 1. The lowest BCUT2D eigenvalue weighted by atomic mass is 10.1. The van der Waals surface area contributed by atoms with Crippen molar-refractivity contribution in [2.45, 2.75) is 45.3 Å². The minimum atomic E-state index is -0.988. The first-order valence-corrected chi connectivity index (χ1v) is 9.74. The highest BCUT2D eigenvalue weighted by molar-refractivity contribution is 5.95. The summed E-state index contributed by atoms with van der Waals surface area (Å²) in [6, 6.07) is 9.73. The molecule has 1 saturated heterocycles. The van der Waals surface area contributed by atoms with Crippen LogP contribution < -0.4 is 5.32 Å². The molecule has 1 fully saturated rings. The van der Waals surface area contributed by atoms with Gasteiger partial charge in [-0.25, -0.2) is 9.59 Å². The standard InChI is InChI=1S/C22H25N3O5/c1-22(2,3)30-21(29)24-16-9-6-14(7-10-16)15-8-11-17(23-13-15)19(26)25-12-4-5-18(25)20(27)28/h6-11,13,18H,4-5,12H2,1-3H3,(H,24,29)(H,27,28)/t18-/m0/s1. The number of ether oxygens (including phenoxy) is 1. The number of nitrogens with one attached hydrogen (secondary N) is 1. The van der Waals surface area contributed by atoms with Crippen LogP contribution in [0.15, 0.2) is 42.6 Å². The third kappa shape index (κ3) is 5.14. The van der Waals surface area contributed by atoms with Gasteiger partial charge in [-0.1, -0.05) is 18.2 Å². The van der Waals surface area contributed by atoms with E-state index in [9.17, 15) is 19.5 Å². The monoisotopic (exact) mass is 411 g/mol. The molecule has 0 radical (unpaired) electrons. The van der Waals surface area contributed by atoms with Gasteiger partial charge in [0.2, 0.25) is 0 Å². The number of anilines is 1. The maximum Gasteiger partial charge on any atom is 0.412 e. The average molecular weight is 411 g/mol. The number of hydrogen-bond acceptors (Lipinski definition) is 5. The van der Waals surface area contributed by atoms with E-state index in [-0.39, 0.29) is 11.6 Å². The molecule has 1 aromatic heterocycles. The average Bonchev–Trinajstić information content (AvgIpc) is 3.17. The van der Waals surface area contributed by atoms with Crippen molar-refractivity contribution in [2.24, 2.45) is 0 Å². The second-order valence-corrected chi connectivity index (χ2v) is 8.13. The summed E-state index contributed by atoms with van der Waals surface area (Å²) in [5.41, 5.74) is 1.90. The molecule has 0 saturated carbocycles. The maximum absolute atomic E-state index is 12.6. The summed E-state index contributed by atoms with van der Waals surface area (Å²) in [6.45, 7) is 5.80.